The van der Waals surface area contributed by atoms with E-state index in [1.165, 1.54) is 122 Å². The molecule has 0 spiro atoms. The third-order valence-electron chi connectivity index (χ3n) is 23.2. The summed E-state index contributed by atoms with van der Waals surface area (Å²) < 4.78 is 20.7. The van der Waals surface area contributed by atoms with E-state index in [9.17, 15) is 0 Å². The molecule has 7 aliphatic rings. The van der Waals surface area contributed by atoms with Gasteiger partial charge in [-0.3, -0.25) is 0 Å². The summed E-state index contributed by atoms with van der Waals surface area (Å²) in [6.45, 7) is 18.9. The first-order valence-electron chi connectivity index (χ1n) is 36.0. The van der Waals surface area contributed by atoms with Crippen LogP contribution in [0.1, 0.15) is 111 Å². The van der Waals surface area contributed by atoms with Gasteiger partial charge in [0.25, 0.3) is 0 Å². The molecule has 7 heteroatoms. The monoisotopic (exact) mass is 1470 g/mol. The van der Waals surface area contributed by atoms with Crippen LogP contribution in [-0.4, -0.2) is 0 Å². The van der Waals surface area contributed by atoms with Gasteiger partial charge in [0.05, 0.1) is 22.7 Å². The molecule has 14 aromatic rings. The van der Waals surface area contributed by atoms with Crippen molar-refractivity contribution in [3.63, 3.8) is 0 Å². The maximum Gasteiger partial charge on any atom is 0.151 e. The first kappa shape index (κ1) is 63.9. The maximum absolute atomic E-state index is 6.33. The highest BCUT2D eigenvalue weighted by atomic mass is 79.9. The summed E-state index contributed by atoms with van der Waals surface area (Å²) in [6, 6.07) is 105. The van der Waals surface area contributed by atoms with Gasteiger partial charge in [0.2, 0.25) is 0 Å². The van der Waals surface area contributed by atoms with E-state index in [1.807, 2.05) is 72.8 Å². The van der Waals surface area contributed by atoms with Crippen LogP contribution in [0.15, 0.2) is 300 Å². The van der Waals surface area contributed by atoms with Crippen LogP contribution in [0, 0.1) is 0 Å². The lowest BCUT2D eigenvalue weighted by Gasteiger charge is -2.33. The highest BCUT2D eigenvalue weighted by Crippen LogP contribution is 2.59. The Morgan fingerprint density at radius 3 is 0.779 bits per heavy atom. The molecule has 0 aromatic heterocycles. The molecule has 4 aliphatic carbocycles. The maximum atomic E-state index is 6.33. The first-order valence-corrected chi connectivity index (χ1v) is 37.6. The van der Waals surface area contributed by atoms with Crippen LogP contribution in [0.2, 0.25) is 0 Å². The van der Waals surface area contributed by atoms with E-state index in [0.717, 1.165) is 84.0 Å². The van der Waals surface area contributed by atoms with Crippen LogP contribution < -0.4 is 24.0 Å². The minimum atomic E-state index is -0.193. The zero-order valence-electron chi connectivity index (χ0n) is 59.3. The topological polar surface area (TPSA) is 34.2 Å². The van der Waals surface area contributed by atoms with Crippen LogP contribution >= 0.6 is 31.9 Å². The Labute approximate surface area is 625 Å². The predicted octanol–water partition coefficient (Wildman–Crippen LogP) is 28.0. The summed E-state index contributed by atoms with van der Waals surface area (Å²) in [7, 11) is 0. The lowest BCUT2D eigenvalue weighted by atomic mass is 9.80. The molecule has 0 amide bonds. The van der Waals surface area contributed by atoms with E-state index in [-0.39, 0.29) is 21.7 Å². The predicted molar refractivity (Wildman–Crippen MR) is 435 cm³/mol. The molecule has 0 radical (unpaired) electrons. The molecule has 5 nitrogen and oxygen atoms in total. The minimum Gasteiger partial charge on any atom is -0.457 e. The molecular formula is C97H74Br2N2O3. The van der Waals surface area contributed by atoms with Crippen LogP contribution in [0.25, 0.3) is 66.8 Å². The fraction of sp³-hybridized carbons (Fsp3) is 0.134. The number of benzene rings is 14. The van der Waals surface area contributed by atoms with Gasteiger partial charge >= 0.3 is 0 Å². The molecular weight excluding hydrogens is 1400 g/mol. The zero-order chi connectivity index (χ0) is 70.7. The first-order chi connectivity index (χ1) is 50.4. The van der Waals surface area contributed by atoms with Gasteiger partial charge in [0.15, 0.2) is 23.0 Å². The third kappa shape index (κ3) is 10.0. The van der Waals surface area contributed by atoms with Crippen molar-refractivity contribution in [2.24, 2.45) is 0 Å². The third-order valence-corrected chi connectivity index (χ3v) is 24.2. The van der Waals surface area contributed by atoms with Crippen LogP contribution in [0.4, 0.5) is 34.1 Å². The number of halogens is 2. The molecule has 0 bridgehead atoms. The lowest BCUT2D eigenvalue weighted by molar-refractivity contribution is 0.460. The summed E-state index contributed by atoms with van der Waals surface area (Å²) in [5.41, 5.74) is 35.3. The van der Waals surface area contributed by atoms with Gasteiger partial charge < -0.3 is 24.0 Å². The Bertz CT molecular complexity index is 5460. The Hall–Kier alpha value is -11.0. The molecule has 14 aromatic carbocycles. The fourth-order valence-electron chi connectivity index (χ4n) is 17.7. The molecule has 0 fully saturated rings. The van der Waals surface area contributed by atoms with Crippen LogP contribution in [0.5, 0.6) is 34.5 Å². The number of para-hydroxylation sites is 10. The average Bonchev–Trinajstić information content (AvgIpc) is 1.45. The van der Waals surface area contributed by atoms with Crippen LogP contribution in [-0.2, 0) is 28.1 Å². The highest BCUT2D eigenvalue weighted by Gasteiger charge is 2.42. The average molecular weight is 1480 g/mol. The van der Waals surface area contributed by atoms with Crippen molar-refractivity contribution in [2.75, 3.05) is 9.80 Å². The van der Waals surface area contributed by atoms with E-state index in [0.29, 0.717) is 0 Å². The molecule has 0 N–H and O–H groups in total. The Kier molecular flexibility index (Phi) is 14.6. The molecule has 3 aliphatic heterocycles. The summed E-state index contributed by atoms with van der Waals surface area (Å²) in [4.78, 5) is 4.68. The summed E-state index contributed by atoms with van der Waals surface area (Å²) in [6.07, 6.45) is 0.979. The Morgan fingerprint density at radius 2 is 0.471 bits per heavy atom. The molecule has 21 rings (SSSR count). The number of ether oxygens (including phenoxy) is 3. The number of hydrogen-bond acceptors (Lipinski definition) is 5. The minimum absolute atomic E-state index is 0.0109. The van der Waals surface area contributed by atoms with Gasteiger partial charge in [0, 0.05) is 48.4 Å². The van der Waals surface area contributed by atoms with E-state index in [2.05, 4.69) is 315 Å². The number of anilines is 6. The zero-order valence-corrected chi connectivity index (χ0v) is 62.5. The van der Waals surface area contributed by atoms with Crippen molar-refractivity contribution in [3.05, 3.63) is 356 Å². The number of rotatable bonds is 4. The quantitative estimate of drug-likeness (QED) is 0.175. The summed E-state index contributed by atoms with van der Waals surface area (Å²) in [5, 5.41) is 0. The Balaban J connectivity index is 0.000000134. The van der Waals surface area contributed by atoms with Crippen molar-refractivity contribution in [1.29, 1.82) is 0 Å². The summed E-state index contributed by atoms with van der Waals surface area (Å²) in [5.74, 6) is 5.44. The van der Waals surface area contributed by atoms with Crippen molar-refractivity contribution in [3.8, 4) is 101 Å². The SMILES string of the molecule is CC1(C)c2cc(-c3ccc4c(c3)C(C)(C)c3cc(N5c6ccccc6Oc6ccccc65)ccc3-4)ccc2-c2ccc(N3c4ccccc4Oc4ccccc43)cc21.CC1(C)c2cc(Br)ccc2-c2ccc(-c3ccc4c(c3)C(C)(C)c3cc(Br)ccc3-4)cc21.c1ccc2c(c1)Cc1ccccc1O2. The van der Waals surface area contributed by atoms with Gasteiger partial charge in [-0.05, 0) is 256 Å². The fourth-order valence-corrected chi connectivity index (χ4v) is 18.4. The van der Waals surface area contributed by atoms with Gasteiger partial charge in [0.1, 0.15) is 11.5 Å². The van der Waals surface area contributed by atoms with Crippen LogP contribution in [0.3, 0.4) is 0 Å². The van der Waals surface area contributed by atoms with Crippen molar-refractivity contribution >= 4 is 66.0 Å². The molecule has 104 heavy (non-hydrogen) atoms. The second-order valence-electron chi connectivity index (χ2n) is 30.6. The number of fused-ring (bicyclic) bond motifs is 18. The van der Waals surface area contributed by atoms with Crippen molar-refractivity contribution in [2.45, 2.75) is 83.5 Å². The van der Waals surface area contributed by atoms with Gasteiger partial charge in [-0.1, -0.05) is 245 Å². The second kappa shape index (κ2) is 23.8. The van der Waals surface area contributed by atoms with Gasteiger partial charge in [-0.15, -0.1) is 0 Å². The lowest BCUT2D eigenvalue weighted by Crippen LogP contribution is -2.18. The number of hydrogen-bond donors (Lipinski definition) is 0. The molecule has 0 atom stereocenters. The summed E-state index contributed by atoms with van der Waals surface area (Å²) >= 11 is 7.33. The van der Waals surface area contributed by atoms with Gasteiger partial charge in [-0.25, -0.2) is 0 Å². The van der Waals surface area contributed by atoms with E-state index in [4.69, 9.17) is 14.2 Å². The smallest absolute Gasteiger partial charge is 0.151 e. The van der Waals surface area contributed by atoms with Gasteiger partial charge in [-0.2, -0.15) is 0 Å². The largest absolute Gasteiger partial charge is 0.457 e. The van der Waals surface area contributed by atoms with E-state index in [1.54, 1.807) is 0 Å². The molecule has 0 saturated carbocycles. The standard InChI is InChI=1S/C54H40N2O2.C30H24Br2.C13H10O/c1-53(2)41-29-33(21-25-37(41)39-27-23-35(31-43(39)53)55-45-13-5-9-17-49(45)57-50-18-10-6-14-46(50)55)34-22-26-38-40-28-24-36(32-44(40)54(3,4)42(38)30-34)56-47-15-7-11-19-51(47)58-52-20-12-8-16-48(52)56;1-29(2)25-13-17(5-9-21(25)23-11-7-19(31)15-27(23)29)18-6-10-22-24-12-8-20(32)16-28(24)30(3,4)26(22)14-18;1-3-7-12-10(5-1)9-11-6-2-4-8-13(11)14-12/h5-32H,1-4H3;5-16H,1-4H3;1-8H,9H2. The Morgan fingerprint density at radius 1 is 0.240 bits per heavy atom. The van der Waals surface area contributed by atoms with E-state index >= 15 is 0 Å². The highest BCUT2D eigenvalue weighted by molar-refractivity contribution is 9.10. The van der Waals surface area contributed by atoms with Crippen molar-refractivity contribution in [1.82, 2.24) is 0 Å². The molecule has 0 unspecified atom stereocenters. The second-order valence-corrected chi connectivity index (χ2v) is 32.5. The van der Waals surface area contributed by atoms with E-state index < -0.39 is 0 Å². The molecule has 504 valence electrons. The normalized spacial score (nSPS) is 15.3. The number of nitrogens with zero attached hydrogens (tertiary/aromatic N) is 2. The van der Waals surface area contributed by atoms with Crippen molar-refractivity contribution < 1.29 is 14.2 Å². The molecule has 0 saturated heterocycles. The molecule has 3 heterocycles.